The van der Waals surface area contributed by atoms with Crippen LogP contribution in [-0.4, -0.2) is 38.8 Å². The molecule has 0 bridgehead atoms. The Balaban J connectivity index is 1.54. The number of rotatable bonds is 7. The van der Waals surface area contributed by atoms with Crippen LogP contribution in [0.15, 0.2) is 52.4 Å². The summed E-state index contributed by atoms with van der Waals surface area (Å²) in [6, 6.07) is 10.1. The SMILES string of the molecule is O=C(CSc1nc2ccccc2c(=O)n1CC1CCCO1)Nc1ccc(F)c([N+](=O)[O-])c1. The lowest BCUT2D eigenvalue weighted by Gasteiger charge is -2.16. The van der Waals surface area contributed by atoms with Gasteiger partial charge in [-0.3, -0.25) is 24.3 Å². The molecule has 1 unspecified atom stereocenters. The van der Waals surface area contributed by atoms with Crippen molar-refractivity contribution in [1.29, 1.82) is 0 Å². The summed E-state index contributed by atoms with van der Waals surface area (Å²) in [5.74, 6) is -1.55. The number of halogens is 1. The lowest BCUT2D eigenvalue weighted by molar-refractivity contribution is -0.387. The van der Waals surface area contributed by atoms with Crippen LogP contribution >= 0.6 is 11.8 Å². The molecule has 1 aromatic heterocycles. The molecule has 0 spiro atoms. The van der Waals surface area contributed by atoms with Gasteiger partial charge in [0.05, 0.1) is 34.2 Å². The zero-order valence-corrected chi connectivity index (χ0v) is 17.6. The molecule has 11 heteroatoms. The number of hydrogen-bond donors (Lipinski definition) is 1. The Morgan fingerprint density at radius 1 is 1.34 bits per heavy atom. The van der Waals surface area contributed by atoms with Crippen LogP contribution in [0, 0.1) is 15.9 Å². The zero-order chi connectivity index (χ0) is 22.7. The van der Waals surface area contributed by atoms with Crippen molar-refractivity contribution in [3.63, 3.8) is 0 Å². The lowest BCUT2D eigenvalue weighted by atomic mass is 10.2. The summed E-state index contributed by atoms with van der Waals surface area (Å²) in [5.41, 5.74) is -0.301. The summed E-state index contributed by atoms with van der Waals surface area (Å²) < 4.78 is 20.7. The molecule has 9 nitrogen and oxygen atoms in total. The zero-order valence-electron chi connectivity index (χ0n) is 16.8. The second-order valence-corrected chi connectivity index (χ2v) is 8.16. The summed E-state index contributed by atoms with van der Waals surface area (Å²) in [6.07, 6.45) is 1.67. The number of fused-ring (bicyclic) bond motifs is 1. The van der Waals surface area contributed by atoms with Gasteiger partial charge in [-0.15, -0.1) is 0 Å². The molecule has 2 aromatic carbocycles. The van der Waals surface area contributed by atoms with Crippen LogP contribution in [-0.2, 0) is 16.1 Å². The third kappa shape index (κ3) is 4.78. The summed E-state index contributed by atoms with van der Waals surface area (Å²) in [4.78, 5) is 40.1. The number of benzene rings is 2. The van der Waals surface area contributed by atoms with E-state index in [1.807, 2.05) is 0 Å². The van der Waals surface area contributed by atoms with E-state index in [4.69, 9.17) is 4.74 Å². The number of nitro groups is 1. The monoisotopic (exact) mass is 458 g/mol. The highest BCUT2D eigenvalue weighted by atomic mass is 32.2. The highest BCUT2D eigenvalue weighted by Crippen LogP contribution is 2.23. The Morgan fingerprint density at radius 3 is 2.91 bits per heavy atom. The van der Waals surface area contributed by atoms with E-state index in [9.17, 15) is 24.1 Å². The van der Waals surface area contributed by atoms with Crippen molar-refractivity contribution in [2.24, 2.45) is 0 Å². The molecule has 1 N–H and O–H groups in total. The van der Waals surface area contributed by atoms with Crippen molar-refractivity contribution in [2.75, 3.05) is 17.7 Å². The quantitative estimate of drug-likeness (QED) is 0.250. The minimum Gasteiger partial charge on any atom is -0.376 e. The molecular formula is C21H19FN4O5S. The Hall–Kier alpha value is -3.31. The van der Waals surface area contributed by atoms with Crippen LogP contribution in [0.3, 0.4) is 0 Å². The number of thioether (sulfide) groups is 1. The molecule has 0 saturated carbocycles. The van der Waals surface area contributed by atoms with Crippen LogP contribution in [0.4, 0.5) is 15.8 Å². The number of nitrogens with one attached hydrogen (secondary N) is 1. The largest absolute Gasteiger partial charge is 0.376 e. The summed E-state index contributed by atoms with van der Waals surface area (Å²) in [7, 11) is 0. The fourth-order valence-electron chi connectivity index (χ4n) is 3.47. The molecule has 1 amide bonds. The van der Waals surface area contributed by atoms with Crippen molar-refractivity contribution in [3.8, 4) is 0 Å². The number of aromatic nitrogens is 2. The molecule has 166 valence electrons. The van der Waals surface area contributed by atoms with Crippen molar-refractivity contribution >= 4 is 39.9 Å². The summed E-state index contributed by atoms with van der Waals surface area (Å²) >= 11 is 1.08. The Morgan fingerprint density at radius 2 is 2.16 bits per heavy atom. The Labute approximate surface area is 185 Å². The van der Waals surface area contributed by atoms with Gasteiger partial charge in [0.25, 0.3) is 5.56 Å². The number of para-hydroxylation sites is 1. The van der Waals surface area contributed by atoms with Gasteiger partial charge in [-0.25, -0.2) is 4.98 Å². The van der Waals surface area contributed by atoms with Gasteiger partial charge in [0, 0.05) is 18.4 Å². The average Bonchev–Trinajstić information content (AvgIpc) is 3.29. The van der Waals surface area contributed by atoms with Gasteiger partial charge in [-0.2, -0.15) is 4.39 Å². The molecular weight excluding hydrogens is 439 g/mol. The maximum atomic E-state index is 13.5. The first-order valence-electron chi connectivity index (χ1n) is 9.90. The molecule has 1 fully saturated rings. The van der Waals surface area contributed by atoms with Crippen LogP contribution in [0.1, 0.15) is 12.8 Å². The number of carbonyl (C=O) groups excluding carboxylic acids is 1. The second kappa shape index (κ2) is 9.45. The smallest absolute Gasteiger partial charge is 0.306 e. The molecule has 32 heavy (non-hydrogen) atoms. The van der Waals surface area contributed by atoms with E-state index in [2.05, 4.69) is 10.3 Å². The number of nitrogens with zero attached hydrogens (tertiary/aromatic N) is 3. The predicted molar refractivity (Wildman–Crippen MR) is 117 cm³/mol. The van der Waals surface area contributed by atoms with Gasteiger partial charge in [-0.1, -0.05) is 23.9 Å². The van der Waals surface area contributed by atoms with Gasteiger partial charge in [0.1, 0.15) is 0 Å². The number of hydrogen-bond acceptors (Lipinski definition) is 7. The summed E-state index contributed by atoms with van der Waals surface area (Å²) in [5, 5.41) is 14.3. The highest BCUT2D eigenvalue weighted by molar-refractivity contribution is 7.99. The van der Waals surface area contributed by atoms with E-state index in [1.54, 1.807) is 24.3 Å². The first-order chi connectivity index (χ1) is 15.4. The van der Waals surface area contributed by atoms with Crippen molar-refractivity contribution in [2.45, 2.75) is 30.6 Å². The fourth-order valence-corrected chi connectivity index (χ4v) is 4.28. The third-order valence-corrected chi connectivity index (χ3v) is 5.97. The number of carbonyl (C=O) groups is 1. The molecule has 3 aromatic rings. The molecule has 0 aliphatic carbocycles. The van der Waals surface area contributed by atoms with E-state index in [0.29, 0.717) is 29.2 Å². The molecule has 0 radical (unpaired) electrons. The van der Waals surface area contributed by atoms with Gasteiger partial charge in [0.2, 0.25) is 11.7 Å². The van der Waals surface area contributed by atoms with Gasteiger partial charge in [-0.05, 0) is 37.1 Å². The van der Waals surface area contributed by atoms with Gasteiger partial charge < -0.3 is 10.1 Å². The first kappa shape index (κ1) is 21.9. The predicted octanol–water partition coefficient (Wildman–Crippen LogP) is 3.35. The molecule has 2 heterocycles. The van der Waals surface area contributed by atoms with Gasteiger partial charge >= 0.3 is 5.69 Å². The van der Waals surface area contributed by atoms with Crippen LogP contribution < -0.4 is 10.9 Å². The third-order valence-electron chi connectivity index (χ3n) is 5.00. The van der Waals surface area contributed by atoms with E-state index >= 15 is 0 Å². The van der Waals surface area contributed by atoms with E-state index in [-0.39, 0.29) is 23.1 Å². The molecule has 1 saturated heterocycles. The molecule has 1 aliphatic rings. The normalized spacial score (nSPS) is 15.7. The molecule has 1 atom stereocenters. The number of anilines is 1. The van der Waals surface area contributed by atoms with Crippen LogP contribution in [0.5, 0.6) is 0 Å². The first-order valence-corrected chi connectivity index (χ1v) is 10.9. The standard InChI is InChI=1S/C21H19FN4O5S/c22-16-8-7-13(10-18(16)26(29)30)23-19(27)12-32-21-24-17-6-2-1-5-15(17)20(28)25(21)11-14-4-3-9-31-14/h1-2,5-8,10,14H,3-4,9,11-12H2,(H,23,27). The minimum atomic E-state index is -0.985. The maximum Gasteiger partial charge on any atom is 0.306 e. The molecule has 4 rings (SSSR count). The second-order valence-electron chi connectivity index (χ2n) is 7.22. The van der Waals surface area contributed by atoms with E-state index in [0.717, 1.165) is 36.7 Å². The van der Waals surface area contributed by atoms with Gasteiger partial charge in [0.15, 0.2) is 5.16 Å². The van der Waals surface area contributed by atoms with Crippen molar-refractivity contribution in [3.05, 3.63) is 68.7 Å². The Bertz CT molecular complexity index is 1240. The number of amides is 1. The maximum absolute atomic E-state index is 13.5. The highest BCUT2D eigenvalue weighted by Gasteiger charge is 2.21. The van der Waals surface area contributed by atoms with Crippen molar-refractivity contribution in [1.82, 2.24) is 9.55 Å². The van der Waals surface area contributed by atoms with Crippen LogP contribution in [0.2, 0.25) is 0 Å². The number of ether oxygens (including phenoxy) is 1. The fraction of sp³-hybridized carbons (Fsp3) is 0.286. The van der Waals surface area contributed by atoms with Crippen LogP contribution in [0.25, 0.3) is 10.9 Å². The molecule has 1 aliphatic heterocycles. The summed E-state index contributed by atoms with van der Waals surface area (Å²) in [6.45, 7) is 0.986. The van der Waals surface area contributed by atoms with Crippen molar-refractivity contribution < 1.29 is 18.8 Å². The van der Waals surface area contributed by atoms with E-state index in [1.165, 1.54) is 10.6 Å². The Kier molecular flexibility index (Phi) is 6.47. The van der Waals surface area contributed by atoms with E-state index < -0.39 is 22.3 Å². The average molecular weight is 458 g/mol. The topological polar surface area (TPSA) is 116 Å². The lowest BCUT2D eigenvalue weighted by Crippen LogP contribution is -2.29. The number of nitro benzene ring substituents is 1. The minimum absolute atomic E-state index is 0.0939.